The maximum Gasteiger partial charge on any atom is 0.223 e. The summed E-state index contributed by atoms with van der Waals surface area (Å²) in [5.74, 6) is -0.108. The number of aliphatic hydroxyl groups excluding tert-OH is 1. The summed E-state index contributed by atoms with van der Waals surface area (Å²) in [5, 5.41) is 12.5. The van der Waals surface area contributed by atoms with Crippen LogP contribution in [0.4, 0.5) is 0 Å². The molecule has 1 amide bonds. The van der Waals surface area contributed by atoms with E-state index in [1.165, 1.54) is 10.6 Å². The van der Waals surface area contributed by atoms with Gasteiger partial charge < -0.3 is 10.4 Å². The molecule has 2 aliphatic rings. The minimum atomic E-state index is -3.15. The third-order valence-electron chi connectivity index (χ3n) is 4.93. The van der Waals surface area contributed by atoms with Crippen LogP contribution in [0.2, 0.25) is 0 Å². The molecule has 2 rings (SSSR count). The van der Waals surface area contributed by atoms with Gasteiger partial charge in [-0.3, -0.25) is 4.79 Å². The highest BCUT2D eigenvalue weighted by Gasteiger charge is 2.35. The minimum Gasteiger partial charge on any atom is -0.396 e. The average Bonchev–Trinajstić information content (AvgIpc) is 2.93. The monoisotopic (exact) mass is 318 g/mol. The van der Waals surface area contributed by atoms with Gasteiger partial charge in [0.2, 0.25) is 15.9 Å². The average molecular weight is 318 g/mol. The largest absolute Gasteiger partial charge is 0.396 e. The van der Waals surface area contributed by atoms with Crippen LogP contribution in [0.5, 0.6) is 0 Å². The molecule has 0 atom stereocenters. The highest BCUT2D eigenvalue weighted by molar-refractivity contribution is 7.88. The summed E-state index contributed by atoms with van der Waals surface area (Å²) in [6, 6.07) is 0. The van der Waals surface area contributed by atoms with Crippen LogP contribution in [0.1, 0.15) is 38.5 Å². The van der Waals surface area contributed by atoms with E-state index in [-0.39, 0.29) is 23.8 Å². The Bertz CT molecular complexity index is 463. The van der Waals surface area contributed by atoms with Crippen molar-refractivity contribution in [1.82, 2.24) is 9.62 Å². The number of hydrogen-bond acceptors (Lipinski definition) is 4. The quantitative estimate of drug-likeness (QED) is 0.765. The molecule has 0 aromatic rings. The standard InChI is InChI=1S/C14H26N2O4S/c1-21(19,20)16-8-4-12(5-9-16)13(18)15-10-14(11-17)6-2-3-7-14/h12,17H,2-11H2,1H3,(H,15,18). The Labute approximate surface area is 126 Å². The normalized spacial score (nSPS) is 24.1. The van der Waals surface area contributed by atoms with Gasteiger partial charge >= 0.3 is 0 Å². The molecular weight excluding hydrogens is 292 g/mol. The molecule has 0 bridgehead atoms. The fourth-order valence-corrected chi connectivity index (χ4v) is 4.26. The van der Waals surface area contributed by atoms with Gasteiger partial charge in [0.1, 0.15) is 0 Å². The molecule has 0 spiro atoms. The second-order valence-electron chi connectivity index (χ2n) is 6.52. The topological polar surface area (TPSA) is 86.7 Å². The number of carbonyl (C=O) groups excluding carboxylic acids is 1. The Hall–Kier alpha value is -0.660. The Morgan fingerprint density at radius 1 is 1.29 bits per heavy atom. The first-order valence-corrected chi connectivity index (χ1v) is 9.55. The fourth-order valence-electron chi connectivity index (χ4n) is 3.38. The van der Waals surface area contributed by atoms with Gasteiger partial charge in [-0.25, -0.2) is 12.7 Å². The van der Waals surface area contributed by atoms with Crippen molar-refractivity contribution in [1.29, 1.82) is 0 Å². The van der Waals surface area contributed by atoms with Crippen LogP contribution in [-0.4, -0.2) is 56.2 Å². The van der Waals surface area contributed by atoms with Crippen molar-refractivity contribution in [3.63, 3.8) is 0 Å². The van der Waals surface area contributed by atoms with E-state index in [4.69, 9.17) is 0 Å². The maximum atomic E-state index is 12.2. The van der Waals surface area contributed by atoms with Crippen molar-refractivity contribution in [2.45, 2.75) is 38.5 Å². The first kappa shape index (κ1) is 16.7. The lowest BCUT2D eigenvalue weighted by atomic mass is 9.86. The number of hydrogen-bond donors (Lipinski definition) is 2. The molecule has 2 N–H and O–H groups in total. The van der Waals surface area contributed by atoms with Crippen molar-refractivity contribution in [3.05, 3.63) is 0 Å². The summed E-state index contributed by atoms with van der Waals surface area (Å²) < 4.78 is 24.3. The van der Waals surface area contributed by atoms with Crippen molar-refractivity contribution < 1.29 is 18.3 Å². The Balaban J connectivity index is 1.80. The minimum absolute atomic E-state index is 0.00266. The van der Waals surface area contributed by atoms with Gasteiger partial charge in [-0.2, -0.15) is 0 Å². The van der Waals surface area contributed by atoms with Crippen molar-refractivity contribution >= 4 is 15.9 Å². The summed E-state index contributed by atoms with van der Waals surface area (Å²) in [6.07, 6.45) is 6.52. The fraction of sp³-hybridized carbons (Fsp3) is 0.929. The second kappa shape index (κ2) is 6.62. The Kier molecular flexibility index (Phi) is 5.27. The molecule has 7 heteroatoms. The molecule has 0 unspecified atom stereocenters. The number of carbonyl (C=O) groups is 1. The molecule has 122 valence electrons. The van der Waals surface area contributed by atoms with Crippen molar-refractivity contribution in [3.8, 4) is 0 Å². The van der Waals surface area contributed by atoms with E-state index in [1.807, 2.05) is 0 Å². The molecule has 2 fully saturated rings. The molecule has 0 aromatic carbocycles. The zero-order valence-electron chi connectivity index (χ0n) is 12.7. The van der Waals surface area contributed by atoms with E-state index in [1.54, 1.807) is 0 Å². The lowest BCUT2D eigenvalue weighted by molar-refractivity contribution is -0.126. The number of aliphatic hydroxyl groups is 1. The van der Waals surface area contributed by atoms with Crippen LogP contribution in [0.15, 0.2) is 0 Å². The molecule has 1 saturated carbocycles. The number of sulfonamides is 1. The molecule has 6 nitrogen and oxygen atoms in total. The van der Waals surface area contributed by atoms with Gasteiger partial charge in [0.05, 0.1) is 12.9 Å². The van der Waals surface area contributed by atoms with Gasteiger partial charge in [0, 0.05) is 31.0 Å². The Morgan fingerprint density at radius 3 is 2.33 bits per heavy atom. The van der Waals surface area contributed by atoms with Crippen LogP contribution in [0.3, 0.4) is 0 Å². The Morgan fingerprint density at radius 2 is 1.86 bits per heavy atom. The summed E-state index contributed by atoms with van der Waals surface area (Å²) >= 11 is 0. The number of amides is 1. The predicted octanol–water partition coefficient (Wildman–Crippen LogP) is 0.327. The number of piperidine rings is 1. The summed E-state index contributed by atoms with van der Waals surface area (Å²) in [4.78, 5) is 12.2. The third-order valence-corrected chi connectivity index (χ3v) is 6.23. The van der Waals surface area contributed by atoms with Crippen LogP contribution in [-0.2, 0) is 14.8 Å². The van der Waals surface area contributed by atoms with Crippen LogP contribution in [0.25, 0.3) is 0 Å². The molecule has 21 heavy (non-hydrogen) atoms. The van der Waals surface area contributed by atoms with Crippen molar-refractivity contribution in [2.24, 2.45) is 11.3 Å². The second-order valence-corrected chi connectivity index (χ2v) is 8.50. The van der Waals surface area contributed by atoms with E-state index < -0.39 is 10.0 Å². The number of rotatable bonds is 5. The first-order chi connectivity index (χ1) is 9.86. The SMILES string of the molecule is CS(=O)(=O)N1CCC(C(=O)NCC2(CO)CCCC2)CC1. The van der Waals surface area contributed by atoms with Gasteiger partial charge in [-0.1, -0.05) is 12.8 Å². The maximum absolute atomic E-state index is 12.2. The third kappa shape index (κ3) is 4.17. The zero-order valence-corrected chi connectivity index (χ0v) is 13.5. The number of nitrogens with zero attached hydrogens (tertiary/aromatic N) is 1. The van der Waals surface area contributed by atoms with Gasteiger partial charge in [0.25, 0.3) is 0 Å². The van der Waals surface area contributed by atoms with Crippen molar-refractivity contribution in [2.75, 3.05) is 32.5 Å². The predicted molar refractivity (Wildman–Crippen MR) is 80.1 cm³/mol. The summed E-state index contributed by atoms with van der Waals surface area (Å²) in [5.41, 5.74) is -0.136. The zero-order chi connectivity index (χ0) is 15.5. The van der Waals surface area contributed by atoms with E-state index in [0.717, 1.165) is 25.7 Å². The molecular formula is C14H26N2O4S. The summed E-state index contributed by atoms with van der Waals surface area (Å²) in [6.45, 7) is 1.50. The lowest BCUT2D eigenvalue weighted by Crippen LogP contribution is -2.45. The van der Waals surface area contributed by atoms with E-state index in [9.17, 15) is 18.3 Å². The molecule has 1 heterocycles. The smallest absolute Gasteiger partial charge is 0.223 e. The van der Waals surface area contributed by atoms with Gasteiger partial charge in [-0.05, 0) is 25.7 Å². The van der Waals surface area contributed by atoms with E-state index in [0.29, 0.717) is 32.5 Å². The lowest BCUT2D eigenvalue weighted by Gasteiger charge is -2.31. The highest BCUT2D eigenvalue weighted by atomic mass is 32.2. The molecule has 1 saturated heterocycles. The number of nitrogens with one attached hydrogen (secondary N) is 1. The molecule has 0 aromatic heterocycles. The van der Waals surface area contributed by atoms with E-state index in [2.05, 4.69) is 5.32 Å². The highest BCUT2D eigenvalue weighted by Crippen LogP contribution is 2.37. The van der Waals surface area contributed by atoms with Crippen LogP contribution >= 0.6 is 0 Å². The molecule has 0 radical (unpaired) electrons. The molecule has 1 aliphatic carbocycles. The van der Waals surface area contributed by atoms with Crippen LogP contribution < -0.4 is 5.32 Å². The van der Waals surface area contributed by atoms with Crippen LogP contribution in [0, 0.1) is 11.3 Å². The van der Waals surface area contributed by atoms with Gasteiger partial charge in [0.15, 0.2) is 0 Å². The van der Waals surface area contributed by atoms with Gasteiger partial charge in [-0.15, -0.1) is 0 Å². The first-order valence-electron chi connectivity index (χ1n) is 7.70. The summed E-state index contributed by atoms with van der Waals surface area (Å²) in [7, 11) is -3.15. The molecule has 1 aliphatic heterocycles. The van der Waals surface area contributed by atoms with E-state index >= 15 is 0 Å².